The summed E-state index contributed by atoms with van der Waals surface area (Å²) in [6.45, 7) is 2.05. The first-order valence-corrected chi connectivity index (χ1v) is 9.16. The lowest BCUT2D eigenvalue weighted by Gasteiger charge is -2.30. The number of aromatic nitrogens is 4. The van der Waals surface area contributed by atoms with Gasteiger partial charge in [-0.3, -0.25) is 4.79 Å². The van der Waals surface area contributed by atoms with Crippen LogP contribution in [0.15, 0.2) is 30.7 Å². The average Bonchev–Trinajstić information content (AvgIpc) is 3.38. The molecule has 1 atom stereocenters. The van der Waals surface area contributed by atoms with E-state index in [1.165, 1.54) is 12.3 Å². The fourth-order valence-corrected chi connectivity index (χ4v) is 3.75. The predicted molar refractivity (Wildman–Crippen MR) is 98.9 cm³/mol. The van der Waals surface area contributed by atoms with Crippen LogP contribution in [0.3, 0.4) is 0 Å². The first-order valence-electron chi connectivity index (χ1n) is 9.16. The van der Waals surface area contributed by atoms with Gasteiger partial charge in [-0.1, -0.05) is 0 Å². The second-order valence-electron chi connectivity index (χ2n) is 7.39. The molecule has 1 aliphatic carbocycles. The van der Waals surface area contributed by atoms with E-state index in [1.54, 1.807) is 10.7 Å². The van der Waals surface area contributed by atoms with Crippen LogP contribution in [0.25, 0.3) is 5.65 Å². The van der Waals surface area contributed by atoms with Gasteiger partial charge >= 0.3 is 0 Å². The van der Waals surface area contributed by atoms with E-state index in [2.05, 4.69) is 20.4 Å². The highest BCUT2D eigenvalue weighted by Gasteiger charge is 2.51. The lowest BCUT2D eigenvalue weighted by molar-refractivity contribution is 0.0927. The lowest BCUT2D eigenvalue weighted by atomic mass is 10.0. The maximum absolute atomic E-state index is 14.0. The Labute approximate surface area is 160 Å². The molecule has 4 heterocycles. The van der Waals surface area contributed by atoms with Gasteiger partial charge in [0.2, 0.25) is 5.88 Å². The van der Waals surface area contributed by atoms with Crippen molar-refractivity contribution < 1.29 is 13.9 Å². The molecule has 3 aromatic rings. The third-order valence-corrected chi connectivity index (χ3v) is 5.47. The molecule has 1 N–H and O–H groups in total. The van der Waals surface area contributed by atoms with Crippen LogP contribution in [0.5, 0.6) is 5.88 Å². The molecule has 1 saturated carbocycles. The number of amides is 1. The number of nitrogens with one attached hydrogen (secondary N) is 1. The Morgan fingerprint density at radius 2 is 2.18 bits per heavy atom. The predicted octanol–water partition coefficient (Wildman–Crippen LogP) is 1.90. The van der Waals surface area contributed by atoms with Crippen molar-refractivity contribution in [3.8, 4) is 5.88 Å². The zero-order chi connectivity index (χ0) is 19.5. The summed E-state index contributed by atoms with van der Waals surface area (Å²) in [5.74, 6) is 0.373. The summed E-state index contributed by atoms with van der Waals surface area (Å²) < 4.78 is 21.5. The molecular formula is C19H19FN6O2. The Morgan fingerprint density at radius 1 is 1.36 bits per heavy atom. The SMILES string of the molecule is C[C@H]1COc2ncc(F)cc2C2(CC2)N(C)c2ccn3ncc(c3n2)C(=O)N1. The van der Waals surface area contributed by atoms with Gasteiger partial charge in [-0.2, -0.15) is 5.10 Å². The van der Waals surface area contributed by atoms with Crippen molar-refractivity contribution in [3.05, 3.63) is 47.7 Å². The summed E-state index contributed by atoms with van der Waals surface area (Å²) >= 11 is 0. The second-order valence-corrected chi connectivity index (χ2v) is 7.39. The topological polar surface area (TPSA) is 84.7 Å². The fraction of sp³-hybridized carbons (Fsp3) is 0.368. The maximum Gasteiger partial charge on any atom is 0.257 e. The molecule has 1 spiro atoms. The van der Waals surface area contributed by atoms with E-state index in [0.717, 1.165) is 19.0 Å². The summed E-state index contributed by atoms with van der Waals surface area (Å²) in [6, 6.07) is 3.04. The molecule has 1 amide bonds. The first kappa shape index (κ1) is 16.9. The maximum atomic E-state index is 14.0. The molecule has 1 aliphatic heterocycles. The van der Waals surface area contributed by atoms with Gasteiger partial charge < -0.3 is 15.0 Å². The first-order chi connectivity index (χ1) is 13.5. The fourth-order valence-electron chi connectivity index (χ4n) is 3.75. The number of ether oxygens (including phenoxy) is 1. The zero-order valence-electron chi connectivity index (χ0n) is 15.5. The van der Waals surface area contributed by atoms with Crippen LogP contribution >= 0.6 is 0 Å². The summed E-state index contributed by atoms with van der Waals surface area (Å²) in [6.07, 6.45) is 6.09. The Balaban J connectivity index is 1.70. The van der Waals surface area contributed by atoms with Gasteiger partial charge in [-0.25, -0.2) is 18.9 Å². The molecule has 5 rings (SSSR count). The standard InChI is InChI=1S/C19H19FN6O2/c1-11-10-28-18-14(7-12(20)8-21-18)19(4-5-19)25(2)15-3-6-26-16(24-15)13(9-22-26)17(27)23-11/h3,6-9,11H,4-5,10H2,1-2H3,(H,23,27)/t11-/m0/s1. The highest BCUT2D eigenvalue weighted by Crippen LogP contribution is 2.54. The van der Waals surface area contributed by atoms with Crippen molar-refractivity contribution >= 4 is 17.4 Å². The Bertz CT molecular complexity index is 1090. The Hall–Kier alpha value is -3.23. The summed E-state index contributed by atoms with van der Waals surface area (Å²) in [4.78, 5) is 23.5. The quantitative estimate of drug-likeness (QED) is 0.639. The largest absolute Gasteiger partial charge is 0.475 e. The Morgan fingerprint density at radius 3 is 2.96 bits per heavy atom. The molecule has 144 valence electrons. The summed E-state index contributed by atoms with van der Waals surface area (Å²) in [5.41, 5.74) is 1.13. The summed E-state index contributed by atoms with van der Waals surface area (Å²) in [5, 5.41) is 7.11. The minimum atomic E-state index is -0.440. The van der Waals surface area contributed by atoms with Crippen LogP contribution in [0.1, 0.15) is 35.7 Å². The van der Waals surface area contributed by atoms with Crippen molar-refractivity contribution in [1.82, 2.24) is 24.9 Å². The van der Waals surface area contributed by atoms with Gasteiger partial charge in [0.05, 0.1) is 24.0 Å². The number of halogens is 1. The summed E-state index contributed by atoms with van der Waals surface area (Å²) in [7, 11) is 1.92. The Kier molecular flexibility index (Phi) is 3.55. The highest BCUT2D eigenvalue weighted by atomic mass is 19.1. The number of rotatable bonds is 0. The van der Waals surface area contributed by atoms with Crippen LogP contribution in [0.2, 0.25) is 0 Å². The number of pyridine rings is 1. The molecule has 3 aromatic heterocycles. The van der Waals surface area contributed by atoms with Crippen molar-refractivity contribution in [2.45, 2.75) is 31.3 Å². The van der Waals surface area contributed by atoms with E-state index < -0.39 is 11.4 Å². The third kappa shape index (κ3) is 2.49. The van der Waals surface area contributed by atoms with Crippen molar-refractivity contribution in [2.75, 3.05) is 18.6 Å². The molecule has 8 nitrogen and oxygen atoms in total. The van der Waals surface area contributed by atoms with E-state index in [9.17, 15) is 9.18 Å². The van der Waals surface area contributed by atoms with Gasteiger partial charge in [-0.05, 0) is 31.9 Å². The van der Waals surface area contributed by atoms with E-state index in [-0.39, 0.29) is 18.6 Å². The number of carbonyl (C=O) groups is 1. The van der Waals surface area contributed by atoms with Gasteiger partial charge in [0.25, 0.3) is 5.91 Å². The van der Waals surface area contributed by atoms with E-state index >= 15 is 0 Å². The van der Waals surface area contributed by atoms with E-state index in [1.807, 2.05) is 24.9 Å². The molecule has 0 radical (unpaired) electrons. The molecule has 28 heavy (non-hydrogen) atoms. The minimum Gasteiger partial charge on any atom is -0.475 e. The number of hydrogen-bond donors (Lipinski definition) is 1. The number of fused-ring (bicyclic) bond motifs is 3. The highest BCUT2D eigenvalue weighted by molar-refractivity contribution is 5.99. The number of carbonyl (C=O) groups excluding carboxylic acids is 1. The van der Waals surface area contributed by atoms with Crippen LogP contribution in [0, 0.1) is 5.82 Å². The van der Waals surface area contributed by atoms with E-state index in [4.69, 9.17) is 4.74 Å². The third-order valence-electron chi connectivity index (χ3n) is 5.47. The number of nitrogens with zero attached hydrogens (tertiary/aromatic N) is 5. The lowest BCUT2D eigenvalue weighted by Crippen LogP contribution is -2.37. The van der Waals surface area contributed by atoms with Crippen LogP contribution < -0.4 is 15.0 Å². The zero-order valence-corrected chi connectivity index (χ0v) is 15.5. The molecule has 2 bridgehead atoms. The van der Waals surface area contributed by atoms with Crippen molar-refractivity contribution in [3.63, 3.8) is 0 Å². The van der Waals surface area contributed by atoms with Gasteiger partial charge in [-0.15, -0.1) is 0 Å². The van der Waals surface area contributed by atoms with Gasteiger partial charge in [0, 0.05) is 18.8 Å². The number of hydrogen-bond acceptors (Lipinski definition) is 6. The molecule has 0 unspecified atom stereocenters. The second kappa shape index (κ2) is 5.88. The van der Waals surface area contributed by atoms with Crippen LogP contribution in [-0.2, 0) is 5.54 Å². The number of anilines is 1. The molecule has 2 aliphatic rings. The molecule has 0 aromatic carbocycles. The average molecular weight is 382 g/mol. The van der Waals surface area contributed by atoms with Crippen LogP contribution in [0.4, 0.5) is 10.2 Å². The smallest absolute Gasteiger partial charge is 0.257 e. The molecular weight excluding hydrogens is 363 g/mol. The van der Waals surface area contributed by atoms with Crippen LogP contribution in [-0.4, -0.2) is 45.2 Å². The monoisotopic (exact) mass is 382 g/mol. The molecule has 0 saturated heterocycles. The van der Waals surface area contributed by atoms with Crippen molar-refractivity contribution in [1.29, 1.82) is 0 Å². The normalized spacial score (nSPS) is 20.8. The van der Waals surface area contributed by atoms with Gasteiger partial charge in [0.15, 0.2) is 5.65 Å². The van der Waals surface area contributed by atoms with Gasteiger partial charge in [0.1, 0.15) is 23.8 Å². The van der Waals surface area contributed by atoms with E-state index in [0.29, 0.717) is 28.5 Å². The van der Waals surface area contributed by atoms with Crippen molar-refractivity contribution in [2.24, 2.45) is 0 Å². The molecule has 1 fully saturated rings. The molecule has 9 heteroatoms. The minimum absolute atomic E-state index is 0.215.